The van der Waals surface area contributed by atoms with E-state index >= 15 is 0 Å². The van der Waals surface area contributed by atoms with Crippen molar-refractivity contribution in [2.75, 3.05) is 37.9 Å². The summed E-state index contributed by atoms with van der Waals surface area (Å²) < 4.78 is 37.1. The lowest BCUT2D eigenvalue weighted by Crippen LogP contribution is -2.51. The zero-order valence-electron chi connectivity index (χ0n) is 21.4. The summed E-state index contributed by atoms with van der Waals surface area (Å²) in [4.78, 5) is 27.9. The van der Waals surface area contributed by atoms with Gasteiger partial charge in [-0.1, -0.05) is 37.6 Å². The van der Waals surface area contributed by atoms with Crippen molar-refractivity contribution in [1.29, 1.82) is 0 Å². The van der Waals surface area contributed by atoms with Gasteiger partial charge >= 0.3 is 0 Å². The molecule has 0 aliphatic carbocycles. The number of methoxy groups -OCH3 is 2. The van der Waals surface area contributed by atoms with Gasteiger partial charge in [-0.25, -0.2) is 8.42 Å². The van der Waals surface area contributed by atoms with E-state index in [0.717, 1.165) is 10.6 Å². The number of ether oxygens (including phenoxy) is 2. The molecule has 11 heteroatoms. The van der Waals surface area contributed by atoms with E-state index in [1.807, 2.05) is 13.8 Å². The number of benzene rings is 2. The maximum Gasteiger partial charge on any atom is 0.244 e. The lowest BCUT2D eigenvalue weighted by atomic mass is 10.1. The molecule has 2 amide bonds. The summed E-state index contributed by atoms with van der Waals surface area (Å²) in [7, 11) is -1.07. The number of carbonyl (C=O) groups excluding carboxylic acids is 2. The standard InChI is InChI=1S/C25H34ClN3O6S/c1-17(2)14-27-25(31)18(3)28(15-19-8-7-9-20(26)12-19)24(30)16-29(36(6,32)33)22-13-21(34-4)10-11-23(22)35-5/h7-13,17-18H,14-16H2,1-6H3,(H,27,31)/t18-/m1/s1. The number of amides is 2. The number of sulfonamides is 1. The van der Waals surface area contributed by atoms with Crippen LogP contribution >= 0.6 is 11.6 Å². The van der Waals surface area contributed by atoms with Gasteiger partial charge in [-0.2, -0.15) is 0 Å². The van der Waals surface area contributed by atoms with Crippen LogP contribution < -0.4 is 19.1 Å². The Hall–Kier alpha value is -2.98. The highest BCUT2D eigenvalue weighted by Crippen LogP contribution is 2.34. The number of nitrogens with one attached hydrogen (secondary N) is 1. The summed E-state index contributed by atoms with van der Waals surface area (Å²) in [5.41, 5.74) is 0.844. The normalized spacial score (nSPS) is 12.1. The number of nitrogens with zero attached hydrogens (tertiary/aromatic N) is 2. The van der Waals surface area contributed by atoms with E-state index < -0.39 is 28.5 Å². The average Bonchev–Trinajstić information content (AvgIpc) is 2.82. The number of rotatable bonds is 12. The summed E-state index contributed by atoms with van der Waals surface area (Å²) in [5, 5.41) is 3.32. The fraction of sp³-hybridized carbons (Fsp3) is 0.440. The average molecular weight is 540 g/mol. The molecule has 0 fully saturated rings. The minimum absolute atomic E-state index is 0.0580. The van der Waals surface area contributed by atoms with Crippen LogP contribution in [0.4, 0.5) is 5.69 Å². The van der Waals surface area contributed by atoms with Crippen LogP contribution in [0.2, 0.25) is 5.02 Å². The van der Waals surface area contributed by atoms with E-state index in [0.29, 0.717) is 22.9 Å². The first kappa shape index (κ1) is 29.3. The Morgan fingerprint density at radius 1 is 1.06 bits per heavy atom. The molecule has 0 radical (unpaired) electrons. The number of anilines is 1. The molecular formula is C25H34ClN3O6S. The molecule has 2 aromatic rings. The van der Waals surface area contributed by atoms with Crippen molar-refractivity contribution >= 4 is 39.1 Å². The fourth-order valence-electron chi connectivity index (χ4n) is 3.45. The first-order valence-electron chi connectivity index (χ1n) is 11.4. The maximum atomic E-state index is 13.6. The van der Waals surface area contributed by atoms with E-state index in [1.165, 1.54) is 25.2 Å². The number of carbonyl (C=O) groups is 2. The highest BCUT2D eigenvalue weighted by molar-refractivity contribution is 7.92. The van der Waals surface area contributed by atoms with Crippen molar-refractivity contribution in [3.05, 3.63) is 53.1 Å². The molecule has 0 bridgehead atoms. The van der Waals surface area contributed by atoms with Gasteiger partial charge in [0.05, 0.1) is 26.2 Å². The van der Waals surface area contributed by atoms with Crippen LogP contribution in [0.25, 0.3) is 0 Å². The fourth-order valence-corrected chi connectivity index (χ4v) is 4.51. The molecule has 0 heterocycles. The molecule has 0 aliphatic heterocycles. The molecule has 0 unspecified atom stereocenters. The van der Waals surface area contributed by atoms with Gasteiger partial charge in [-0.05, 0) is 42.7 Å². The van der Waals surface area contributed by atoms with Gasteiger partial charge in [-0.3, -0.25) is 13.9 Å². The Labute approximate surface area is 218 Å². The third-order valence-corrected chi connectivity index (χ3v) is 6.79. The summed E-state index contributed by atoms with van der Waals surface area (Å²) in [6, 6.07) is 10.7. The summed E-state index contributed by atoms with van der Waals surface area (Å²) in [6.45, 7) is 5.48. The van der Waals surface area contributed by atoms with Crippen molar-refractivity contribution in [2.45, 2.75) is 33.4 Å². The van der Waals surface area contributed by atoms with Crippen LogP contribution in [0.3, 0.4) is 0 Å². The third kappa shape index (κ3) is 8.03. The molecule has 2 aromatic carbocycles. The molecule has 0 saturated heterocycles. The van der Waals surface area contributed by atoms with Crippen molar-refractivity contribution in [3.8, 4) is 11.5 Å². The van der Waals surface area contributed by atoms with E-state index in [-0.39, 0.29) is 29.8 Å². The van der Waals surface area contributed by atoms with Gasteiger partial charge in [-0.15, -0.1) is 0 Å². The largest absolute Gasteiger partial charge is 0.497 e. The lowest BCUT2D eigenvalue weighted by Gasteiger charge is -2.32. The van der Waals surface area contributed by atoms with E-state index in [4.69, 9.17) is 21.1 Å². The zero-order valence-corrected chi connectivity index (χ0v) is 23.0. The molecule has 0 spiro atoms. The molecule has 36 heavy (non-hydrogen) atoms. The summed E-state index contributed by atoms with van der Waals surface area (Å²) in [6.07, 6.45) is 0.999. The molecule has 1 N–H and O–H groups in total. The van der Waals surface area contributed by atoms with Crippen LogP contribution in [-0.2, 0) is 26.2 Å². The minimum Gasteiger partial charge on any atom is -0.497 e. The number of hydrogen-bond acceptors (Lipinski definition) is 6. The minimum atomic E-state index is -3.92. The second-order valence-corrected chi connectivity index (χ2v) is 11.1. The van der Waals surface area contributed by atoms with Crippen molar-refractivity contribution in [2.24, 2.45) is 5.92 Å². The highest BCUT2D eigenvalue weighted by Gasteiger charge is 2.31. The Morgan fingerprint density at radius 2 is 1.75 bits per heavy atom. The Morgan fingerprint density at radius 3 is 2.31 bits per heavy atom. The quantitative estimate of drug-likeness (QED) is 0.443. The Balaban J connectivity index is 2.46. The SMILES string of the molecule is COc1ccc(OC)c(N(CC(=O)N(Cc2cccc(Cl)c2)[C@H](C)C(=O)NCC(C)C)S(C)(=O)=O)c1. The number of hydrogen-bond donors (Lipinski definition) is 1. The van der Waals surface area contributed by atoms with Crippen LogP contribution in [0.1, 0.15) is 26.3 Å². The zero-order chi connectivity index (χ0) is 27.0. The van der Waals surface area contributed by atoms with Crippen LogP contribution in [0.5, 0.6) is 11.5 Å². The molecule has 0 saturated carbocycles. The Kier molecular flexibility index (Phi) is 10.4. The summed E-state index contributed by atoms with van der Waals surface area (Å²) >= 11 is 6.12. The lowest BCUT2D eigenvalue weighted by molar-refractivity contribution is -0.139. The van der Waals surface area contributed by atoms with Gasteiger partial charge in [0, 0.05) is 24.2 Å². The first-order valence-corrected chi connectivity index (χ1v) is 13.6. The number of halogens is 1. The van der Waals surface area contributed by atoms with Crippen LogP contribution in [0, 0.1) is 5.92 Å². The second-order valence-electron chi connectivity index (χ2n) is 8.77. The van der Waals surface area contributed by atoms with Gasteiger partial charge < -0.3 is 19.7 Å². The summed E-state index contributed by atoms with van der Waals surface area (Å²) in [5.74, 6) is -0.0526. The van der Waals surface area contributed by atoms with E-state index in [9.17, 15) is 18.0 Å². The Bertz CT molecular complexity index is 1170. The topological polar surface area (TPSA) is 105 Å². The predicted molar refractivity (Wildman–Crippen MR) is 141 cm³/mol. The third-order valence-electron chi connectivity index (χ3n) is 5.43. The van der Waals surface area contributed by atoms with Crippen molar-refractivity contribution in [1.82, 2.24) is 10.2 Å². The second kappa shape index (κ2) is 12.8. The van der Waals surface area contributed by atoms with Crippen LogP contribution in [0.15, 0.2) is 42.5 Å². The van der Waals surface area contributed by atoms with Crippen molar-refractivity contribution < 1.29 is 27.5 Å². The van der Waals surface area contributed by atoms with Crippen molar-refractivity contribution in [3.63, 3.8) is 0 Å². The molecule has 198 valence electrons. The molecular weight excluding hydrogens is 506 g/mol. The molecule has 0 aliphatic rings. The molecule has 0 aromatic heterocycles. The van der Waals surface area contributed by atoms with E-state index in [1.54, 1.807) is 43.3 Å². The first-order chi connectivity index (χ1) is 16.9. The van der Waals surface area contributed by atoms with Gasteiger partial charge in [0.15, 0.2) is 0 Å². The smallest absolute Gasteiger partial charge is 0.244 e. The van der Waals surface area contributed by atoms with Gasteiger partial charge in [0.25, 0.3) is 0 Å². The van der Waals surface area contributed by atoms with Crippen LogP contribution in [-0.4, -0.2) is 64.7 Å². The van der Waals surface area contributed by atoms with Gasteiger partial charge in [0.1, 0.15) is 24.1 Å². The molecule has 1 atom stereocenters. The van der Waals surface area contributed by atoms with E-state index in [2.05, 4.69) is 5.32 Å². The predicted octanol–water partition coefficient (Wildman–Crippen LogP) is 3.31. The maximum absolute atomic E-state index is 13.6. The van der Waals surface area contributed by atoms with Gasteiger partial charge in [0.2, 0.25) is 21.8 Å². The molecule has 9 nitrogen and oxygen atoms in total. The monoisotopic (exact) mass is 539 g/mol. The highest BCUT2D eigenvalue weighted by atomic mass is 35.5. The molecule has 2 rings (SSSR count).